The van der Waals surface area contributed by atoms with E-state index in [1.165, 1.54) is 37.8 Å². The van der Waals surface area contributed by atoms with Crippen molar-refractivity contribution < 1.29 is 9.13 Å². The summed E-state index contributed by atoms with van der Waals surface area (Å²) in [5.74, 6) is 1.99. The number of halogens is 1. The predicted octanol–water partition coefficient (Wildman–Crippen LogP) is 4.06. The summed E-state index contributed by atoms with van der Waals surface area (Å²) in [5, 5.41) is 3.35. The van der Waals surface area contributed by atoms with Gasteiger partial charge >= 0.3 is 0 Å². The fourth-order valence-corrected chi connectivity index (χ4v) is 3.69. The highest BCUT2D eigenvalue weighted by atomic mass is 19.1. The largest absolute Gasteiger partial charge is 0.490 e. The molecule has 110 valence electrons. The minimum Gasteiger partial charge on any atom is -0.490 e. The summed E-state index contributed by atoms with van der Waals surface area (Å²) in [5.41, 5.74) is 1.09. The van der Waals surface area contributed by atoms with E-state index in [1.807, 2.05) is 13.1 Å². The first-order chi connectivity index (χ1) is 9.67. The van der Waals surface area contributed by atoms with Crippen molar-refractivity contribution >= 4 is 0 Å². The molecule has 0 aromatic heterocycles. The highest BCUT2D eigenvalue weighted by Crippen LogP contribution is 2.41. The van der Waals surface area contributed by atoms with Gasteiger partial charge in [0.15, 0.2) is 0 Å². The van der Waals surface area contributed by atoms with Gasteiger partial charge in [0.25, 0.3) is 0 Å². The summed E-state index contributed by atoms with van der Waals surface area (Å²) in [7, 11) is 1.98. The lowest BCUT2D eigenvalue weighted by Gasteiger charge is -2.38. The zero-order valence-corrected chi connectivity index (χ0v) is 12.4. The fourth-order valence-electron chi connectivity index (χ4n) is 3.69. The van der Waals surface area contributed by atoms with Crippen LogP contribution in [-0.4, -0.2) is 13.2 Å². The summed E-state index contributed by atoms with van der Waals surface area (Å²) >= 11 is 0. The molecule has 0 bridgehead atoms. The van der Waals surface area contributed by atoms with Crippen molar-refractivity contribution in [1.29, 1.82) is 0 Å². The second-order valence-electron chi connectivity index (χ2n) is 6.44. The minimum atomic E-state index is -0.212. The van der Waals surface area contributed by atoms with E-state index in [0.717, 1.165) is 23.7 Å². The van der Waals surface area contributed by atoms with Crippen LogP contribution in [0.4, 0.5) is 4.39 Å². The molecule has 3 heteroatoms. The average molecular weight is 277 g/mol. The smallest absolute Gasteiger partial charge is 0.127 e. The summed E-state index contributed by atoms with van der Waals surface area (Å²) in [4.78, 5) is 0. The number of nitrogens with one attached hydrogen (secondary N) is 1. The maximum absolute atomic E-state index is 13.4. The molecular weight excluding hydrogens is 253 g/mol. The third-order valence-electron chi connectivity index (χ3n) is 5.03. The van der Waals surface area contributed by atoms with Crippen LogP contribution in [0.3, 0.4) is 0 Å². The van der Waals surface area contributed by atoms with Crippen LogP contribution in [0.25, 0.3) is 0 Å². The molecule has 0 saturated heterocycles. The first-order valence-corrected chi connectivity index (χ1v) is 7.80. The number of fused-ring (bicyclic) bond motifs is 1. The molecule has 0 radical (unpaired) electrons. The Labute approximate surface area is 120 Å². The normalized spacial score (nSPS) is 33.4. The fraction of sp³-hybridized carbons (Fsp3) is 0.647. The number of rotatable bonds is 2. The van der Waals surface area contributed by atoms with Crippen LogP contribution in [0.1, 0.15) is 50.6 Å². The van der Waals surface area contributed by atoms with E-state index in [9.17, 15) is 4.39 Å². The maximum Gasteiger partial charge on any atom is 0.127 e. The van der Waals surface area contributed by atoms with Crippen LogP contribution in [0, 0.1) is 17.7 Å². The minimum absolute atomic E-state index is 0.212. The Morgan fingerprint density at radius 2 is 1.95 bits per heavy atom. The van der Waals surface area contributed by atoms with E-state index < -0.39 is 0 Å². The van der Waals surface area contributed by atoms with Crippen LogP contribution >= 0.6 is 0 Å². The molecular formula is C17H24FNO. The molecule has 1 N–H and O–H groups in total. The third-order valence-corrected chi connectivity index (χ3v) is 5.03. The quantitative estimate of drug-likeness (QED) is 0.880. The van der Waals surface area contributed by atoms with Gasteiger partial charge in [0.05, 0.1) is 0 Å². The molecule has 2 nitrogen and oxygen atoms in total. The Balaban J connectivity index is 1.79. The van der Waals surface area contributed by atoms with Gasteiger partial charge in [-0.2, -0.15) is 0 Å². The van der Waals surface area contributed by atoms with Crippen molar-refractivity contribution in [2.24, 2.45) is 11.8 Å². The lowest BCUT2D eigenvalue weighted by atomic mass is 9.77. The molecule has 0 amide bonds. The molecule has 1 saturated carbocycles. The van der Waals surface area contributed by atoms with Crippen LogP contribution in [0.15, 0.2) is 18.2 Å². The number of benzene rings is 1. The maximum atomic E-state index is 13.4. The Morgan fingerprint density at radius 1 is 1.20 bits per heavy atom. The van der Waals surface area contributed by atoms with Gasteiger partial charge in [-0.25, -0.2) is 4.39 Å². The second-order valence-corrected chi connectivity index (χ2v) is 6.44. The van der Waals surface area contributed by atoms with Crippen molar-refractivity contribution in [1.82, 2.24) is 5.32 Å². The van der Waals surface area contributed by atoms with E-state index in [-0.39, 0.29) is 18.0 Å². The topological polar surface area (TPSA) is 21.3 Å². The lowest BCUT2D eigenvalue weighted by Crippen LogP contribution is -2.37. The first kappa shape index (κ1) is 13.9. The standard InChI is InChI=1S/C17H24FNO/c1-11-3-5-12(6-4-11)16-10-15(19-2)14-8-7-13(18)9-17(14)20-16/h7-9,11-12,15-16,19H,3-6,10H2,1-2H3. The van der Waals surface area contributed by atoms with Gasteiger partial charge in [0.2, 0.25) is 0 Å². The van der Waals surface area contributed by atoms with E-state index >= 15 is 0 Å². The van der Waals surface area contributed by atoms with E-state index in [0.29, 0.717) is 5.92 Å². The van der Waals surface area contributed by atoms with Gasteiger partial charge in [0.1, 0.15) is 17.7 Å². The molecule has 1 aliphatic carbocycles. The van der Waals surface area contributed by atoms with Crippen molar-refractivity contribution in [2.75, 3.05) is 7.05 Å². The molecule has 1 heterocycles. The molecule has 2 atom stereocenters. The zero-order valence-electron chi connectivity index (χ0n) is 12.4. The summed E-state index contributed by atoms with van der Waals surface area (Å²) in [6.45, 7) is 2.33. The molecule has 1 fully saturated rings. The van der Waals surface area contributed by atoms with Crippen molar-refractivity contribution in [2.45, 2.75) is 51.2 Å². The van der Waals surface area contributed by atoms with Crippen LogP contribution in [0.5, 0.6) is 5.75 Å². The molecule has 20 heavy (non-hydrogen) atoms. The van der Waals surface area contributed by atoms with Gasteiger partial charge in [-0.05, 0) is 37.8 Å². The third kappa shape index (κ3) is 2.69. The molecule has 1 aromatic rings. The Hall–Kier alpha value is -1.09. The van der Waals surface area contributed by atoms with Gasteiger partial charge in [-0.3, -0.25) is 0 Å². The Morgan fingerprint density at radius 3 is 2.65 bits per heavy atom. The molecule has 2 aliphatic rings. The molecule has 0 spiro atoms. The van der Waals surface area contributed by atoms with Crippen LogP contribution < -0.4 is 10.1 Å². The van der Waals surface area contributed by atoms with Crippen LogP contribution in [-0.2, 0) is 0 Å². The molecule has 2 unspecified atom stereocenters. The molecule has 1 aliphatic heterocycles. The SMILES string of the molecule is CNC1CC(C2CCC(C)CC2)Oc2cc(F)ccc21. The monoisotopic (exact) mass is 277 g/mol. The molecule has 1 aromatic carbocycles. The lowest BCUT2D eigenvalue weighted by molar-refractivity contribution is 0.0659. The number of ether oxygens (including phenoxy) is 1. The van der Waals surface area contributed by atoms with Gasteiger partial charge in [-0.15, -0.1) is 0 Å². The predicted molar refractivity (Wildman–Crippen MR) is 78.4 cm³/mol. The Bertz CT molecular complexity index is 468. The van der Waals surface area contributed by atoms with Crippen molar-refractivity contribution in [3.05, 3.63) is 29.6 Å². The number of hydrogen-bond donors (Lipinski definition) is 1. The van der Waals surface area contributed by atoms with E-state index in [1.54, 1.807) is 0 Å². The van der Waals surface area contributed by atoms with Crippen molar-refractivity contribution in [3.63, 3.8) is 0 Å². The first-order valence-electron chi connectivity index (χ1n) is 7.80. The van der Waals surface area contributed by atoms with E-state index in [2.05, 4.69) is 12.2 Å². The summed E-state index contributed by atoms with van der Waals surface area (Å²) in [6, 6.07) is 5.20. The van der Waals surface area contributed by atoms with Crippen LogP contribution in [0.2, 0.25) is 0 Å². The number of hydrogen-bond acceptors (Lipinski definition) is 2. The molecule has 3 rings (SSSR count). The van der Waals surface area contributed by atoms with Gasteiger partial charge < -0.3 is 10.1 Å². The van der Waals surface area contributed by atoms with E-state index in [4.69, 9.17) is 4.74 Å². The summed E-state index contributed by atoms with van der Waals surface area (Å²) < 4.78 is 19.6. The van der Waals surface area contributed by atoms with Crippen molar-refractivity contribution in [3.8, 4) is 5.75 Å². The van der Waals surface area contributed by atoms with Gasteiger partial charge in [0, 0.05) is 24.1 Å². The second kappa shape index (κ2) is 5.72. The average Bonchev–Trinajstić information content (AvgIpc) is 2.46. The highest BCUT2D eigenvalue weighted by molar-refractivity contribution is 5.38. The Kier molecular flexibility index (Phi) is 3.97. The zero-order chi connectivity index (χ0) is 14.1. The highest BCUT2D eigenvalue weighted by Gasteiger charge is 2.34. The van der Waals surface area contributed by atoms with Gasteiger partial charge in [-0.1, -0.05) is 25.8 Å². The summed E-state index contributed by atoms with van der Waals surface area (Å²) in [6.07, 6.45) is 6.30.